The third kappa shape index (κ3) is 6.68. The molecule has 1 fully saturated rings. The highest BCUT2D eigenvalue weighted by atomic mass is 32.2. The normalized spacial score (nSPS) is 15.6. The van der Waals surface area contributed by atoms with Crippen LogP contribution in [0.1, 0.15) is 24.8 Å². The van der Waals surface area contributed by atoms with Crippen LogP contribution in [0.25, 0.3) is 0 Å². The first-order valence-corrected chi connectivity index (χ1v) is 15.6. The summed E-state index contributed by atoms with van der Waals surface area (Å²) in [6.07, 6.45) is 2.70. The number of nitrogens with zero attached hydrogens (tertiary/aromatic N) is 2. The molecular formula is C28H30FN5O5S2. The number of likely N-dealkylation sites (tertiary alicyclic amines) is 1. The number of aryl methyl sites for hydroxylation is 1. The van der Waals surface area contributed by atoms with E-state index in [1.54, 1.807) is 40.6 Å². The Morgan fingerprint density at radius 2 is 1.66 bits per heavy atom. The lowest BCUT2D eigenvalue weighted by atomic mass is 9.97. The number of thiophene rings is 1. The van der Waals surface area contributed by atoms with Gasteiger partial charge in [-0.25, -0.2) is 17.6 Å². The molecule has 2 aliphatic rings. The van der Waals surface area contributed by atoms with E-state index < -0.39 is 21.8 Å². The van der Waals surface area contributed by atoms with Gasteiger partial charge in [-0.15, -0.1) is 11.3 Å². The number of carbonyl (C=O) groups excluding carboxylic acids is 3. The zero-order chi connectivity index (χ0) is 29.0. The summed E-state index contributed by atoms with van der Waals surface area (Å²) in [4.78, 5) is 39.3. The Morgan fingerprint density at radius 1 is 0.927 bits per heavy atom. The Balaban J connectivity index is 1.11. The minimum atomic E-state index is -3.72. The quantitative estimate of drug-likeness (QED) is 0.369. The minimum Gasteiger partial charge on any atom is -0.348 e. The van der Waals surface area contributed by atoms with Crippen LogP contribution in [0.3, 0.4) is 0 Å². The molecule has 41 heavy (non-hydrogen) atoms. The van der Waals surface area contributed by atoms with E-state index in [1.807, 2.05) is 0 Å². The SMILES string of the molecule is O=C(NCC1CCN(C(=O)Nc2ccc(F)cc2)CC1)C(=O)Nc1ccc2c(c1)N(S(=O)(=O)c1cccs1)CCC2. The summed E-state index contributed by atoms with van der Waals surface area (Å²) in [6.45, 7) is 1.59. The molecule has 3 N–H and O–H groups in total. The van der Waals surface area contributed by atoms with Crippen LogP contribution in [0.15, 0.2) is 64.2 Å². The highest BCUT2D eigenvalue weighted by Gasteiger charge is 2.30. The highest BCUT2D eigenvalue weighted by Crippen LogP contribution is 2.35. The summed E-state index contributed by atoms with van der Waals surface area (Å²) < 4.78 is 41.1. The maximum Gasteiger partial charge on any atom is 0.321 e. The molecule has 2 aromatic carbocycles. The van der Waals surface area contributed by atoms with Crippen LogP contribution in [-0.2, 0) is 26.0 Å². The van der Waals surface area contributed by atoms with Crippen molar-refractivity contribution in [3.8, 4) is 0 Å². The first kappa shape index (κ1) is 28.6. The number of nitrogens with one attached hydrogen (secondary N) is 3. The van der Waals surface area contributed by atoms with Crippen molar-refractivity contribution in [2.45, 2.75) is 29.9 Å². The first-order valence-electron chi connectivity index (χ1n) is 13.3. The number of piperidine rings is 1. The lowest BCUT2D eigenvalue weighted by Crippen LogP contribution is -2.44. The second-order valence-electron chi connectivity index (χ2n) is 9.99. The van der Waals surface area contributed by atoms with Crippen LogP contribution in [0, 0.1) is 11.7 Å². The van der Waals surface area contributed by atoms with Crippen LogP contribution >= 0.6 is 11.3 Å². The lowest BCUT2D eigenvalue weighted by molar-refractivity contribution is -0.136. The molecule has 13 heteroatoms. The molecule has 216 valence electrons. The summed E-state index contributed by atoms with van der Waals surface area (Å²) in [5.41, 5.74) is 2.19. The third-order valence-corrected chi connectivity index (χ3v) is 10.4. The molecule has 0 bridgehead atoms. The number of amides is 4. The molecule has 4 amide bonds. The van der Waals surface area contributed by atoms with Gasteiger partial charge < -0.3 is 20.9 Å². The predicted octanol–water partition coefficient (Wildman–Crippen LogP) is 4.03. The molecule has 0 saturated carbocycles. The molecule has 3 heterocycles. The zero-order valence-electron chi connectivity index (χ0n) is 22.1. The van der Waals surface area contributed by atoms with Gasteiger partial charge >= 0.3 is 17.8 Å². The summed E-state index contributed by atoms with van der Waals surface area (Å²) in [5.74, 6) is -1.91. The van der Waals surface area contributed by atoms with Gasteiger partial charge in [0.15, 0.2) is 0 Å². The van der Waals surface area contributed by atoms with E-state index in [0.29, 0.717) is 62.4 Å². The average Bonchev–Trinajstić information content (AvgIpc) is 3.53. The van der Waals surface area contributed by atoms with Gasteiger partial charge in [-0.2, -0.15) is 0 Å². The number of urea groups is 1. The molecule has 1 aromatic heterocycles. The van der Waals surface area contributed by atoms with Crippen molar-refractivity contribution in [1.82, 2.24) is 10.2 Å². The summed E-state index contributed by atoms with van der Waals surface area (Å²) >= 11 is 1.15. The summed E-state index contributed by atoms with van der Waals surface area (Å²) in [5, 5.41) is 9.70. The first-order chi connectivity index (χ1) is 19.7. The van der Waals surface area contributed by atoms with E-state index in [9.17, 15) is 27.2 Å². The van der Waals surface area contributed by atoms with E-state index in [4.69, 9.17) is 0 Å². The Morgan fingerprint density at radius 3 is 2.37 bits per heavy atom. The third-order valence-electron chi connectivity index (χ3n) is 7.21. The van der Waals surface area contributed by atoms with Crippen LogP contribution < -0.4 is 20.3 Å². The van der Waals surface area contributed by atoms with Gasteiger partial charge in [0, 0.05) is 37.6 Å². The van der Waals surface area contributed by atoms with Gasteiger partial charge in [0.1, 0.15) is 10.0 Å². The number of hydrogen-bond acceptors (Lipinski definition) is 6. The summed E-state index contributed by atoms with van der Waals surface area (Å²) in [7, 11) is -3.72. The van der Waals surface area contributed by atoms with Gasteiger partial charge in [0.05, 0.1) is 5.69 Å². The predicted molar refractivity (Wildman–Crippen MR) is 155 cm³/mol. The zero-order valence-corrected chi connectivity index (χ0v) is 23.8. The van der Waals surface area contributed by atoms with Crippen molar-refractivity contribution in [3.63, 3.8) is 0 Å². The number of rotatable bonds is 6. The molecule has 5 rings (SSSR count). The van der Waals surface area contributed by atoms with Crippen molar-refractivity contribution in [2.75, 3.05) is 41.1 Å². The molecule has 0 aliphatic carbocycles. The fourth-order valence-electron chi connectivity index (χ4n) is 4.97. The van der Waals surface area contributed by atoms with Gasteiger partial charge in [0.2, 0.25) is 0 Å². The van der Waals surface area contributed by atoms with E-state index in [-0.39, 0.29) is 28.5 Å². The van der Waals surface area contributed by atoms with Crippen LogP contribution in [0.4, 0.5) is 26.2 Å². The van der Waals surface area contributed by atoms with Crippen LogP contribution in [0.5, 0.6) is 0 Å². The molecule has 0 unspecified atom stereocenters. The van der Waals surface area contributed by atoms with Crippen molar-refractivity contribution in [2.24, 2.45) is 5.92 Å². The van der Waals surface area contributed by atoms with E-state index in [2.05, 4.69) is 16.0 Å². The molecule has 3 aromatic rings. The van der Waals surface area contributed by atoms with E-state index in [0.717, 1.165) is 16.9 Å². The van der Waals surface area contributed by atoms with E-state index in [1.165, 1.54) is 28.6 Å². The monoisotopic (exact) mass is 599 g/mol. The minimum absolute atomic E-state index is 0.0985. The molecule has 1 saturated heterocycles. The standard InChI is InChI=1S/C28H30FN5O5S2/c29-21-6-9-22(10-7-21)32-28(37)33-14-11-19(12-15-33)18-30-26(35)27(36)31-23-8-5-20-3-1-13-34(24(20)17-23)41(38,39)25-4-2-16-40-25/h2,4-10,16-17,19H,1,3,11-15,18H2,(H,30,35)(H,31,36)(H,32,37). The average molecular weight is 600 g/mol. The molecule has 10 nitrogen and oxygen atoms in total. The second-order valence-corrected chi connectivity index (χ2v) is 13.0. The number of sulfonamides is 1. The second kappa shape index (κ2) is 12.3. The molecule has 0 atom stereocenters. The molecule has 0 radical (unpaired) electrons. The fourth-order valence-corrected chi connectivity index (χ4v) is 7.61. The smallest absolute Gasteiger partial charge is 0.321 e. The Kier molecular flexibility index (Phi) is 8.54. The molecular weight excluding hydrogens is 569 g/mol. The maximum absolute atomic E-state index is 13.2. The van der Waals surface area contributed by atoms with Gasteiger partial charge in [-0.3, -0.25) is 13.9 Å². The van der Waals surface area contributed by atoms with Gasteiger partial charge in [-0.05, 0) is 85.0 Å². The maximum atomic E-state index is 13.2. The van der Waals surface area contributed by atoms with E-state index >= 15 is 0 Å². The largest absolute Gasteiger partial charge is 0.348 e. The number of halogens is 1. The Labute approximate surface area is 241 Å². The number of anilines is 3. The van der Waals surface area contributed by atoms with Gasteiger partial charge in [0.25, 0.3) is 10.0 Å². The Hall–Kier alpha value is -3.97. The van der Waals surface area contributed by atoms with Crippen molar-refractivity contribution >= 4 is 56.3 Å². The van der Waals surface area contributed by atoms with Crippen molar-refractivity contribution in [3.05, 3.63) is 71.4 Å². The molecule has 2 aliphatic heterocycles. The fraction of sp³-hybridized carbons (Fsp3) is 0.321. The highest BCUT2D eigenvalue weighted by molar-refractivity contribution is 7.94. The number of fused-ring (bicyclic) bond motifs is 1. The number of benzene rings is 2. The summed E-state index contributed by atoms with van der Waals surface area (Å²) in [6, 6.07) is 13.6. The topological polar surface area (TPSA) is 128 Å². The van der Waals surface area contributed by atoms with Crippen LogP contribution in [-0.4, -0.2) is 57.3 Å². The lowest BCUT2D eigenvalue weighted by Gasteiger charge is -2.32. The van der Waals surface area contributed by atoms with Crippen molar-refractivity contribution in [1.29, 1.82) is 0 Å². The number of carbonyl (C=O) groups is 3. The number of hydrogen-bond donors (Lipinski definition) is 3. The van der Waals surface area contributed by atoms with Gasteiger partial charge in [-0.1, -0.05) is 12.1 Å². The van der Waals surface area contributed by atoms with Crippen LogP contribution in [0.2, 0.25) is 0 Å². The Bertz CT molecular complexity index is 1520. The molecule has 0 spiro atoms. The van der Waals surface area contributed by atoms with Crippen molar-refractivity contribution < 1.29 is 27.2 Å².